The molecule has 0 aliphatic carbocycles. The Morgan fingerprint density at radius 1 is 0.810 bits per heavy atom. The van der Waals surface area contributed by atoms with Crippen molar-refractivity contribution in [2.45, 2.75) is 0 Å². The highest BCUT2D eigenvalue weighted by Crippen LogP contribution is 2.22. The first-order valence-corrected chi connectivity index (χ1v) is 7.03. The minimum absolute atomic E-state index is 0.353. The van der Waals surface area contributed by atoms with Gasteiger partial charge in [0.1, 0.15) is 0 Å². The van der Waals surface area contributed by atoms with Crippen LogP contribution < -0.4 is 0 Å². The molecule has 0 unspecified atom stereocenters. The van der Waals surface area contributed by atoms with Gasteiger partial charge in [-0.15, -0.1) is 0 Å². The SMILES string of the molecule is O/N=C\c1c(Cl)cccc1Cl.O=Cc1c(Cl)cccc1Cl. The van der Waals surface area contributed by atoms with Gasteiger partial charge in [-0.3, -0.25) is 4.79 Å². The van der Waals surface area contributed by atoms with Crippen molar-refractivity contribution in [3.63, 3.8) is 0 Å². The monoisotopic (exact) mass is 363 g/mol. The summed E-state index contributed by atoms with van der Waals surface area (Å²) in [6.45, 7) is 0. The van der Waals surface area contributed by atoms with Crippen LogP contribution in [0.5, 0.6) is 0 Å². The van der Waals surface area contributed by atoms with Gasteiger partial charge in [-0.1, -0.05) is 63.7 Å². The molecule has 0 aromatic heterocycles. The van der Waals surface area contributed by atoms with Gasteiger partial charge in [-0.25, -0.2) is 0 Å². The van der Waals surface area contributed by atoms with E-state index in [1.807, 2.05) is 0 Å². The number of halogens is 4. The van der Waals surface area contributed by atoms with E-state index < -0.39 is 0 Å². The maximum atomic E-state index is 10.3. The molecule has 0 fully saturated rings. The Morgan fingerprint density at radius 2 is 1.19 bits per heavy atom. The summed E-state index contributed by atoms with van der Waals surface area (Å²) in [5, 5.41) is 12.8. The van der Waals surface area contributed by atoms with Crippen LogP contribution in [0, 0.1) is 0 Å². The molecule has 2 aromatic carbocycles. The number of carbonyl (C=O) groups is 1. The van der Waals surface area contributed by atoms with E-state index in [9.17, 15) is 4.79 Å². The van der Waals surface area contributed by atoms with Crippen molar-refractivity contribution in [1.82, 2.24) is 0 Å². The van der Waals surface area contributed by atoms with Crippen LogP contribution >= 0.6 is 46.4 Å². The molecular weight excluding hydrogens is 356 g/mol. The van der Waals surface area contributed by atoms with E-state index in [4.69, 9.17) is 51.6 Å². The Bertz CT molecular complexity index is 619. The molecule has 0 spiro atoms. The molecule has 21 heavy (non-hydrogen) atoms. The molecule has 0 saturated heterocycles. The van der Waals surface area contributed by atoms with Gasteiger partial charge in [0.2, 0.25) is 0 Å². The average molecular weight is 365 g/mol. The van der Waals surface area contributed by atoms with E-state index in [0.717, 1.165) is 0 Å². The summed E-state index contributed by atoms with van der Waals surface area (Å²) in [6.07, 6.45) is 1.84. The summed E-state index contributed by atoms with van der Waals surface area (Å²) in [5.74, 6) is 0. The van der Waals surface area contributed by atoms with Crippen LogP contribution in [0.3, 0.4) is 0 Å². The fraction of sp³-hybridized carbons (Fsp3) is 0. The molecule has 0 aliphatic rings. The first kappa shape index (κ1) is 17.8. The third kappa shape index (κ3) is 5.21. The zero-order chi connectivity index (χ0) is 15.8. The van der Waals surface area contributed by atoms with E-state index in [1.54, 1.807) is 36.4 Å². The first-order chi connectivity index (χ1) is 10.0. The Balaban J connectivity index is 0.000000211. The van der Waals surface area contributed by atoms with Crippen LogP contribution in [0.1, 0.15) is 15.9 Å². The summed E-state index contributed by atoms with van der Waals surface area (Å²) in [4.78, 5) is 10.3. The van der Waals surface area contributed by atoms with Crippen molar-refractivity contribution in [1.29, 1.82) is 0 Å². The zero-order valence-electron chi connectivity index (χ0n) is 10.4. The predicted molar refractivity (Wildman–Crippen MR) is 87.7 cm³/mol. The highest BCUT2D eigenvalue weighted by atomic mass is 35.5. The molecule has 7 heteroatoms. The fourth-order valence-corrected chi connectivity index (χ4v) is 2.30. The molecule has 0 heterocycles. The van der Waals surface area contributed by atoms with Gasteiger partial charge in [0.05, 0.1) is 31.9 Å². The number of benzene rings is 2. The van der Waals surface area contributed by atoms with Gasteiger partial charge in [-0.05, 0) is 24.3 Å². The molecule has 0 atom stereocenters. The molecular formula is C14H9Cl4NO2. The maximum Gasteiger partial charge on any atom is 0.153 e. The summed E-state index contributed by atoms with van der Waals surface area (Å²) >= 11 is 22.7. The number of aldehydes is 1. The molecule has 0 amide bonds. The molecule has 2 rings (SSSR count). The number of carbonyl (C=O) groups excluding carboxylic acids is 1. The molecule has 0 saturated carbocycles. The average Bonchev–Trinajstić information content (AvgIpc) is 2.44. The lowest BCUT2D eigenvalue weighted by molar-refractivity contribution is 0.112. The quantitative estimate of drug-likeness (QED) is 0.326. The highest BCUT2D eigenvalue weighted by molar-refractivity contribution is 6.39. The van der Waals surface area contributed by atoms with Gasteiger partial charge in [0.15, 0.2) is 6.29 Å². The third-order valence-corrected chi connectivity index (χ3v) is 3.62. The van der Waals surface area contributed by atoms with Crippen molar-refractivity contribution in [2.75, 3.05) is 0 Å². The largest absolute Gasteiger partial charge is 0.411 e. The lowest BCUT2D eigenvalue weighted by Gasteiger charge is -1.97. The van der Waals surface area contributed by atoms with Crippen LogP contribution in [0.2, 0.25) is 20.1 Å². The second-order valence-corrected chi connectivity index (χ2v) is 5.26. The first-order valence-electron chi connectivity index (χ1n) is 5.52. The molecule has 110 valence electrons. The summed E-state index contributed by atoms with van der Waals surface area (Å²) in [6, 6.07) is 10.0. The Hall–Kier alpha value is -1.26. The molecule has 3 nitrogen and oxygen atoms in total. The topological polar surface area (TPSA) is 49.7 Å². The van der Waals surface area contributed by atoms with Crippen LogP contribution in [0.25, 0.3) is 0 Å². The van der Waals surface area contributed by atoms with Gasteiger partial charge in [-0.2, -0.15) is 0 Å². The second-order valence-electron chi connectivity index (χ2n) is 3.63. The Morgan fingerprint density at radius 3 is 1.48 bits per heavy atom. The van der Waals surface area contributed by atoms with Gasteiger partial charge < -0.3 is 5.21 Å². The van der Waals surface area contributed by atoms with Gasteiger partial charge >= 0.3 is 0 Å². The van der Waals surface area contributed by atoms with Crippen molar-refractivity contribution >= 4 is 58.9 Å². The van der Waals surface area contributed by atoms with Gasteiger partial charge in [0.25, 0.3) is 0 Å². The van der Waals surface area contributed by atoms with Crippen LogP contribution in [-0.2, 0) is 0 Å². The normalized spacial score (nSPS) is 10.1. The van der Waals surface area contributed by atoms with E-state index in [-0.39, 0.29) is 0 Å². The Kier molecular flexibility index (Phi) is 7.54. The third-order valence-electron chi connectivity index (χ3n) is 2.30. The van der Waals surface area contributed by atoms with Crippen LogP contribution in [0.15, 0.2) is 41.6 Å². The summed E-state index contributed by atoms with van der Waals surface area (Å²) in [5.41, 5.74) is 0.879. The smallest absolute Gasteiger partial charge is 0.153 e. The number of hydrogen-bond acceptors (Lipinski definition) is 3. The van der Waals surface area contributed by atoms with Crippen molar-refractivity contribution in [3.05, 3.63) is 67.6 Å². The maximum absolute atomic E-state index is 10.3. The van der Waals surface area contributed by atoms with E-state index in [1.165, 1.54) is 6.21 Å². The van der Waals surface area contributed by atoms with Crippen LogP contribution in [-0.4, -0.2) is 17.7 Å². The summed E-state index contributed by atoms with van der Waals surface area (Å²) < 4.78 is 0. The molecule has 0 radical (unpaired) electrons. The summed E-state index contributed by atoms with van der Waals surface area (Å²) in [7, 11) is 0. The number of hydrogen-bond donors (Lipinski definition) is 1. The zero-order valence-corrected chi connectivity index (χ0v) is 13.5. The van der Waals surface area contributed by atoms with Gasteiger partial charge in [0, 0.05) is 5.56 Å². The lowest BCUT2D eigenvalue weighted by Crippen LogP contribution is -1.83. The van der Waals surface area contributed by atoms with E-state index in [2.05, 4.69) is 5.16 Å². The predicted octanol–water partition coefficient (Wildman–Crippen LogP) is 5.61. The molecule has 2 aromatic rings. The lowest BCUT2D eigenvalue weighted by atomic mass is 10.2. The standard InChI is InChI=1S/C7H5Cl2NO.C7H4Cl2O/c8-6-2-1-3-7(9)5(6)4-10-11;8-6-2-1-3-7(9)5(6)4-10/h1-4,11H;1-4H/b10-4-;. The van der Waals surface area contributed by atoms with Crippen LogP contribution in [0.4, 0.5) is 0 Å². The fourth-order valence-electron chi connectivity index (χ4n) is 1.32. The van der Waals surface area contributed by atoms with E-state index >= 15 is 0 Å². The second kappa shape index (κ2) is 8.90. The number of rotatable bonds is 2. The molecule has 0 bridgehead atoms. The molecule has 1 N–H and O–H groups in total. The number of nitrogens with zero attached hydrogens (tertiary/aromatic N) is 1. The molecule has 0 aliphatic heterocycles. The number of oxime groups is 1. The Labute approximate surface area is 141 Å². The van der Waals surface area contributed by atoms with Crippen molar-refractivity contribution in [2.24, 2.45) is 5.16 Å². The van der Waals surface area contributed by atoms with E-state index in [0.29, 0.717) is 37.5 Å². The van der Waals surface area contributed by atoms with Crippen molar-refractivity contribution < 1.29 is 10.0 Å². The minimum Gasteiger partial charge on any atom is -0.411 e. The van der Waals surface area contributed by atoms with Crippen molar-refractivity contribution in [3.8, 4) is 0 Å². The highest BCUT2D eigenvalue weighted by Gasteiger charge is 2.02. The minimum atomic E-state index is 0.353.